The standard InChI is InChI=1S/C15H19N3O/c1-12-3-5-14(6-4-12)11-16-15(19)8-10-18-9-7-13(2)17-18/h3-7,9H,8,10-11H2,1-2H3,(H,16,19). The minimum absolute atomic E-state index is 0.0497. The highest BCUT2D eigenvalue weighted by atomic mass is 16.1. The van der Waals surface area contributed by atoms with E-state index in [2.05, 4.69) is 17.3 Å². The molecule has 1 amide bonds. The van der Waals surface area contributed by atoms with Crippen molar-refractivity contribution in [2.45, 2.75) is 33.4 Å². The lowest BCUT2D eigenvalue weighted by Gasteiger charge is -2.06. The van der Waals surface area contributed by atoms with Gasteiger partial charge in [0.2, 0.25) is 5.91 Å². The molecule has 0 atom stereocenters. The van der Waals surface area contributed by atoms with Crippen LogP contribution >= 0.6 is 0 Å². The van der Waals surface area contributed by atoms with Crippen molar-refractivity contribution in [1.82, 2.24) is 15.1 Å². The number of benzene rings is 1. The van der Waals surface area contributed by atoms with Crippen molar-refractivity contribution >= 4 is 5.91 Å². The van der Waals surface area contributed by atoms with Gasteiger partial charge in [0.25, 0.3) is 0 Å². The van der Waals surface area contributed by atoms with E-state index in [4.69, 9.17) is 0 Å². The minimum Gasteiger partial charge on any atom is -0.352 e. The molecule has 1 N–H and O–H groups in total. The highest BCUT2D eigenvalue weighted by Crippen LogP contribution is 2.02. The quantitative estimate of drug-likeness (QED) is 0.892. The Morgan fingerprint density at radius 2 is 1.95 bits per heavy atom. The van der Waals surface area contributed by atoms with Gasteiger partial charge in [-0.25, -0.2) is 0 Å². The predicted octanol–water partition coefficient (Wildman–Crippen LogP) is 2.21. The van der Waals surface area contributed by atoms with Crippen LogP contribution in [-0.2, 0) is 17.9 Å². The Morgan fingerprint density at radius 1 is 1.21 bits per heavy atom. The molecule has 0 fully saturated rings. The van der Waals surface area contributed by atoms with Gasteiger partial charge in [-0.2, -0.15) is 5.10 Å². The van der Waals surface area contributed by atoms with Crippen LogP contribution in [0.5, 0.6) is 0 Å². The van der Waals surface area contributed by atoms with Gasteiger partial charge in [0.05, 0.1) is 5.69 Å². The van der Waals surface area contributed by atoms with Crippen molar-refractivity contribution in [2.24, 2.45) is 0 Å². The lowest BCUT2D eigenvalue weighted by molar-refractivity contribution is -0.121. The molecule has 0 spiro atoms. The average molecular weight is 257 g/mol. The topological polar surface area (TPSA) is 46.9 Å². The molecule has 1 aromatic heterocycles. The van der Waals surface area contributed by atoms with Gasteiger partial charge in [-0.15, -0.1) is 0 Å². The molecule has 0 aliphatic rings. The molecule has 1 aromatic carbocycles. The number of hydrogen-bond acceptors (Lipinski definition) is 2. The van der Waals surface area contributed by atoms with Crippen LogP contribution in [0, 0.1) is 13.8 Å². The van der Waals surface area contributed by atoms with Crippen LogP contribution in [0.2, 0.25) is 0 Å². The zero-order valence-corrected chi connectivity index (χ0v) is 11.4. The van der Waals surface area contributed by atoms with Gasteiger partial charge in [0.1, 0.15) is 0 Å². The Hall–Kier alpha value is -2.10. The highest BCUT2D eigenvalue weighted by molar-refractivity contribution is 5.75. The maximum absolute atomic E-state index is 11.7. The van der Waals surface area contributed by atoms with Gasteiger partial charge in [0.15, 0.2) is 0 Å². The number of nitrogens with zero attached hydrogens (tertiary/aromatic N) is 2. The summed E-state index contributed by atoms with van der Waals surface area (Å²) in [6.45, 7) is 5.19. The molecule has 0 aliphatic heterocycles. The van der Waals surface area contributed by atoms with Crippen LogP contribution in [0.3, 0.4) is 0 Å². The Kier molecular flexibility index (Phi) is 4.34. The lowest BCUT2D eigenvalue weighted by Crippen LogP contribution is -2.24. The Labute approximate surface area is 113 Å². The second kappa shape index (κ2) is 6.18. The van der Waals surface area contributed by atoms with E-state index in [9.17, 15) is 4.79 Å². The lowest BCUT2D eigenvalue weighted by atomic mass is 10.1. The van der Waals surface area contributed by atoms with E-state index in [0.717, 1.165) is 11.3 Å². The summed E-state index contributed by atoms with van der Waals surface area (Å²) in [6.07, 6.45) is 2.34. The molecule has 0 bridgehead atoms. The molecule has 4 heteroatoms. The number of aryl methyl sites for hydroxylation is 3. The molecule has 0 radical (unpaired) electrons. The summed E-state index contributed by atoms with van der Waals surface area (Å²) >= 11 is 0. The first-order valence-corrected chi connectivity index (χ1v) is 6.46. The van der Waals surface area contributed by atoms with E-state index in [-0.39, 0.29) is 5.91 Å². The number of nitrogens with one attached hydrogen (secondary N) is 1. The van der Waals surface area contributed by atoms with Crippen molar-refractivity contribution < 1.29 is 4.79 Å². The highest BCUT2D eigenvalue weighted by Gasteiger charge is 2.02. The largest absolute Gasteiger partial charge is 0.352 e. The predicted molar refractivity (Wildman–Crippen MR) is 74.6 cm³/mol. The zero-order chi connectivity index (χ0) is 13.7. The summed E-state index contributed by atoms with van der Waals surface area (Å²) in [6, 6.07) is 10.1. The third-order valence-electron chi connectivity index (χ3n) is 2.95. The van der Waals surface area contributed by atoms with Crippen LogP contribution in [0.1, 0.15) is 23.2 Å². The van der Waals surface area contributed by atoms with Crippen molar-refractivity contribution in [3.63, 3.8) is 0 Å². The van der Waals surface area contributed by atoms with E-state index in [1.165, 1.54) is 5.56 Å². The first kappa shape index (κ1) is 13.3. The van der Waals surface area contributed by atoms with E-state index in [1.54, 1.807) is 4.68 Å². The molecule has 2 aromatic rings. The van der Waals surface area contributed by atoms with E-state index < -0.39 is 0 Å². The fourth-order valence-electron chi connectivity index (χ4n) is 1.80. The van der Waals surface area contributed by atoms with Crippen molar-refractivity contribution in [2.75, 3.05) is 0 Å². The number of rotatable bonds is 5. The normalized spacial score (nSPS) is 10.4. The summed E-state index contributed by atoms with van der Waals surface area (Å²) < 4.78 is 1.79. The molecule has 0 unspecified atom stereocenters. The van der Waals surface area contributed by atoms with Gasteiger partial charge < -0.3 is 5.32 Å². The second-order valence-corrected chi connectivity index (χ2v) is 4.73. The first-order valence-electron chi connectivity index (χ1n) is 6.46. The maximum Gasteiger partial charge on any atom is 0.222 e. The SMILES string of the molecule is Cc1ccc(CNC(=O)CCn2ccc(C)n2)cc1. The molecule has 0 saturated carbocycles. The maximum atomic E-state index is 11.7. The summed E-state index contributed by atoms with van der Waals surface area (Å²) in [5.41, 5.74) is 3.32. The zero-order valence-electron chi connectivity index (χ0n) is 11.4. The Bertz CT molecular complexity index is 543. The minimum atomic E-state index is 0.0497. The van der Waals surface area contributed by atoms with Gasteiger partial charge in [-0.1, -0.05) is 29.8 Å². The first-order chi connectivity index (χ1) is 9.13. The van der Waals surface area contributed by atoms with Crippen molar-refractivity contribution in [1.29, 1.82) is 0 Å². The molecule has 100 valence electrons. The van der Waals surface area contributed by atoms with Gasteiger partial charge in [-0.05, 0) is 25.5 Å². The fourth-order valence-corrected chi connectivity index (χ4v) is 1.80. The molecule has 4 nitrogen and oxygen atoms in total. The van der Waals surface area contributed by atoms with Crippen LogP contribution in [0.15, 0.2) is 36.5 Å². The monoisotopic (exact) mass is 257 g/mol. The average Bonchev–Trinajstić information content (AvgIpc) is 2.81. The van der Waals surface area contributed by atoms with Crippen LogP contribution in [0.4, 0.5) is 0 Å². The molecule has 19 heavy (non-hydrogen) atoms. The molecular formula is C15H19N3O. The second-order valence-electron chi connectivity index (χ2n) is 4.73. The molecule has 0 aliphatic carbocycles. The van der Waals surface area contributed by atoms with Crippen LogP contribution in [0.25, 0.3) is 0 Å². The Balaban J connectivity index is 1.74. The summed E-state index contributed by atoms with van der Waals surface area (Å²) in [7, 11) is 0. The Morgan fingerprint density at radius 3 is 2.58 bits per heavy atom. The number of hydrogen-bond donors (Lipinski definition) is 1. The van der Waals surface area contributed by atoms with E-state index in [0.29, 0.717) is 19.5 Å². The number of carbonyl (C=O) groups is 1. The molecule has 2 rings (SSSR count). The van der Waals surface area contributed by atoms with Crippen LogP contribution in [-0.4, -0.2) is 15.7 Å². The van der Waals surface area contributed by atoms with Crippen molar-refractivity contribution in [3.05, 3.63) is 53.3 Å². The summed E-state index contributed by atoms with van der Waals surface area (Å²) in [4.78, 5) is 11.7. The summed E-state index contributed by atoms with van der Waals surface area (Å²) in [5.74, 6) is 0.0497. The van der Waals surface area contributed by atoms with Crippen molar-refractivity contribution in [3.8, 4) is 0 Å². The van der Waals surface area contributed by atoms with Gasteiger partial charge in [0, 0.05) is 25.7 Å². The third kappa shape index (κ3) is 4.25. The number of carbonyl (C=O) groups excluding carboxylic acids is 1. The van der Waals surface area contributed by atoms with E-state index >= 15 is 0 Å². The van der Waals surface area contributed by atoms with Crippen LogP contribution < -0.4 is 5.32 Å². The fraction of sp³-hybridized carbons (Fsp3) is 0.333. The third-order valence-corrected chi connectivity index (χ3v) is 2.95. The molecular weight excluding hydrogens is 238 g/mol. The van der Waals surface area contributed by atoms with Gasteiger partial charge in [-0.3, -0.25) is 9.48 Å². The molecule has 0 saturated heterocycles. The van der Waals surface area contributed by atoms with E-state index in [1.807, 2.05) is 43.5 Å². The molecule has 1 heterocycles. The summed E-state index contributed by atoms with van der Waals surface area (Å²) in [5, 5.41) is 7.16. The number of amides is 1. The number of aromatic nitrogens is 2. The van der Waals surface area contributed by atoms with Gasteiger partial charge >= 0.3 is 0 Å². The smallest absolute Gasteiger partial charge is 0.222 e.